The van der Waals surface area contributed by atoms with Crippen molar-refractivity contribution in [3.8, 4) is 0 Å². The minimum absolute atomic E-state index is 0.124. The molecule has 0 aliphatic carbocycles. The molecule has 1 aromatic heterocycles. The number of aromatic nitrogens is 2. The Balaban J connectivity index is 2.04. The number of hydrogen-bond acceptors (Lipinski definition) is 2. The summed E-state index contributed by atoms with van der Waals surface area (Å²) in [6.45, 7) is 4.34. The second-order valence-electron chi connectivity index (χ2n) is 5.66. The van der Waals surface area contributed by atoms with Gasteiger partial charge in [0.05, 0.1) is 16.6 Å². The fourth-order valence-electron chi connectivity index (χ4n) is 3.33. The molecule has 1 unspecified atom stereocenters. The molecule has 3 rings (SSSR count). The average molecular weight is 313 g/mol. The van der Waals surface area contributed by atoms with Crippen molar-refractivity contribution >= 4 is 11.0 Å². The summed E-state index contributed by atoms with van der Waals surface area (Å²) in [6, 6.07) is 4.11. The normalized spacial score (nSPS) is 20.1. The van der Waals surface area contributed by atoms with E-state index in [2.05, 4.69) is 16.8 Å². The van der Waals surface area contributed by atoms with Crippen molar-refractivity contribution in [3.05, 3.63) is 34.2 Å². The number of likely N-dealkylation sites (N-methyl/N-ethyl adjacent to an activating group) is 1. The molecule has 1 saturated heterocycles. The lowest BCUT2D eigenvalue weighted by Crippen LogP contribution is -2.35. The Hall–Kier alpha value is -1.76. The monoisotopic (exact) mass is 313 g/mol. The van der Waals surface area contributed by atoms with E-state index < -0.39 is 17.4 Å². The molecule has 7 heteroatoms. The fourth-order valence-corrected chi connectivity index (χ4v) is 3.33. The molecule has 4 nitrogen and oxygen atoms in total. The molecule has 22 heavy (non-hydrogen) atoms. The lowest BCUT2D eigenvalue weighted by atomic mass is 10.1. The van der Waals surface area contributed by atoms with Gasteiger partial charge in [-0.25, -0.2) is 4.79 Å². The number of rotatable bonds is 3. The maximum Gasteiger partial charge on any atom is 0.418 e. The number of fused-ring (bicyclic) bond motifs is 1. The molecule has 2 aromatic rings. The Kier molecular flexibility index (Phi) is 3.76. The van der Waals surface area contributed by atoms with Crippen molar-refractivity contribution in [3.63, 3.8) is 0 Å². The number of hydrogen-bond donors (Lipinski definition) is 1. The summed E-state index contributed by atoms with van der Waals surface area (Å²) in [5.74, 6) is 0. The van der Waals surface area contributed by atoms with Crippen molar-refractivity contribution in [2.45, 2.75) is 38.5 Å². The highest BCUT2D eigenvalue weighted by Gasteiger charge is 2.34. The summed E-state index contributed by atoms with van der Waals surface area (Å²) in [4.78, 5) is 16.8. The van der Waals surface area contributed by atoms with E-state index >= 15 is 0 Å². The zero-order valence-corrected chi connectivity index (χ0v) is 12.3. The summed E-state index contributed by atoms with van der Waals surface area (Å²) in [5.41, 5.74) is -1.07. The molecule has 1 N–H and O–H groups in total. The van der Waals surface area contributed by atoms with Gasteiger partial charge >= 0.3 is 11.9 Å². The quantitative estimate of drug-likeness (QED) is 0.946. The van der Waals surface area contributed by atoms with Crippen LogP contribution in [0.4, 0.5) is 13.2 Å². The lowest BCUT2D eigenvalue weighted by Gasteiger charge is -2.23. The summed E-state index contributed by atoms with van der Waals surface area (Å²) < 4.78 is 40.6. The standard InChI is InChI=1S/C15H18F3N3O/c1-2-20-8-4-5-10(20)9-21-12-7-3-6-11(15(16,17)18)13(12)19-14(21)22/h3,6-7,10H,2,4-5,8-9H2,1H3,(H,19,22). The molecule has 120 valence electrons. The van der Waals surface area contributed by atoms with E-state index in [0.29, 0.717) is 12.1 Å². The van der Waals surface area contributed by atoms with Crippen LogP contribution < -0.4 is 5.69 Å². The first-order valence-corrected chi connectivity index (χ1v) is 7.44. The molecule has 0 bridgehead atoms. The van der Waals surface area contributed by atoms with Crippen LogP contribution in [0.15, 0.2) is 23.0 Å². The van der Waals surface area contributed by atoms with E-state index in [1.54, 1.807) is 6.07 Å². The number of nitrogens with zero attached hydrogens (tertiary/aromatic N) is 2. The van der Waals surface area contributed by atoms with Gasteiger partial charge in [0.2, 0.25) is 0 Å². The maximum atomic E-state index is 13.0. The van der Waals surface area contributed by atoms with E-state index in [1.165, 1.54) is 10.6 Å². The van der Waals surface area contributed by atoms with Crippen LogP contribution in [0, 0.1) is 0 Å². The number of aromatic amines is 1. The highest BCUT2D eigenvalue weighted by atomic mass is 19.4. The van der Waals surface area contributed by atoms with E-state index in [-0.39, 0.29) is 11.6 Å². The number of imidazole rings is 1. The van der Waals surface area contributed by atoms with Gasteiger partial charge in [0.1, 0.15) is 0 Å². The Bertz CT molecular complexity index is 732. The topological polar surface area (TPSA) is 41.0 Å². The first kappa shape index (κ1) is 15.1. The second kappa shape index (κ2) is 5.46. The Labute approximate surface area is 125 Å². The van der Waals surface area contributed by atoms with E-state index in [9.17, 15) is 18.0 Å². The lowest BCUT2D eigenvalue weighted by molar-refractivity contribution is -0.136. The van der Waals surface area contributed by atoms with E-state index in [0.717, 1.165) is 32.0 Å². The van der Waals surface area contributed by atoms with Crippen molar-refractivity contribution in [2.75, 3.05) is 13.1 Å². The van der Waals surface area contributed by atoms with Crippen molar-refractivity contribution in [1.82, 2.24) is 14.5 Å². The van der Waals surface area contributed by atoms with Crippen LogP contribution in [0.5, 0.6) is 0 Å². The number of halogens is 3. The van der Waals surface area contributed by atoms with Crippen LogP contribution in [0.25, 0.3) is 11.0 Å². The smallest absolute Gasteiger partial charge is 0.305 e. The van der Waals surface area contributed by atoms with E-state index in [1.807, 2.05) is 0 Å². The molecule has 0 saturated carbocycles. The van der Waals surface area contributed by atoms with Gasteiger partial charge in [-0.2, -0.15) is 13.2 Å². The molecule has 1 atom stereocenters. The van der Waals surface area contributed by atoms with Gasteiger partial charge in [-0.15, -0.1) is 0 Å². The van der Waals surface area contributed by atoms with Gasteiger partial charge < -0.3 is 4.98 Å². The maximum absolute atomic E-state index is 13.0. The second-order valence-corrected chi connectivity index (χ2v) is 5.66. The molecular formula is C15H18F3N3O. The highest BCUT2D eigenvalue weighted by molar-refractivity contribution is 5.79. The average Bonchev–Trinajstić information content (AvgIpc) is 3.02. The third-order valence-electron chi connectivity index (χ3n) is 4.41. The van der Waals surface area contributed by atoms with Gasteiger partial charge in [-0.3, -0.25) is 9.47 Å². The number of alkyl halides is 3. The number of para-hydroxylation sites is 1. The Morgan fingerprint density at radius 2 is 2.14 bits per heavy atom. The minimum atomic E-state index is -4.47. The largest absolute Gasteiger partial charge is 0.418 e. The van der Waals surface area contributed by atoms with Gasteiger partial charge in [-0.05, 0) is 38.1 Å². The van der Waals surface area contributed by atoms with Crippen LogP contribution in [-0.4, -0.2) is 33.6 Å². The summed E-state index contributed by atoms with van der Waals surface area (Å²) >= 11 is 0. The van der Waals surface area contributed by atoms with Crippen LogP contribution >= 0.6 is 0 Å². The van der Waals surface area contributed by atoms with Crippen LogP contribution in [-0.2, 0) is 12.7 Å². The predicted octanol–water partition coefficient (Wildman–Crippen LogP) is 2.83. The summed E-state index contributed by atoms with van der Waals surface area (Å²) in [5, 5.41) is 0. The highest BCUT2D eigenvalue weighted by Crippen LogP contribution is 2.33. The molecule has 2 heterocycles. The Morgan fingerprint density at radius 3 is 2.82 bits per heavy atom. The molecule has 1 fully saturated rings. The third kappa shape index (κ3) is 2.54. The van der Waals surface area contributed by atoms with Crippen LogP contribution in [0.3, 0.4) is 0 Å². The molecular weight excluding hydrogens is 295 g/mol. The number of H-pyrrole nitrogens is 1. The number of nitrogens with one attached hydrogen (secondary N) is 1. The fraction of sp³-hybridized carbons (Fsp3) is 0.533. The Morgan fingerprint density at radius 1 is 1.36 bits per heavy atom. The van der Waals surface area contributed by atoms with Crippen LogP contribution in [0.1, 0.15) is 25.3 Å². The van der Waals surface area contributed by atoms with Gasteiger partial charge in [0.15, 0.2) is 0 Å². The minimum Gasteiger partial charge on any atom is -0.305 e. The van der Waals surface area contributed by atoms with Crippen molar-refractivity contribution in [1.29, 1.82) is 0 Å². The molecule has 0 amide bonds. The number of benzene rings is 1. The molecule has 1 aromatic carbocycles. The van der Waals surface area contributed by atoms with Crippen molar-refractivity contribution in [2.24, 2.45) is 0 Å². The van der Waals surface area contributed by atoms with E-state index in [4.69, 9.17) is 0 Å². The third-order valence-corrected chi connectivity index (χ3v) is 4.41. The molecule has 0 spiro atoms. The van der Waals surface area contributed by atoms with Crippen LogP contribution in [0.2, 0.25) is 0 Å². The predicted molar refractivity (Wildman–Crippen MR) is 77.8 cm³/mol. The summed E-state index contributed by atoms with van der Waals surface area (Å²) in [6.07, 6.45) is -2.45. The van der Waals surface area contributed by atoms with Gasteiger partial charge in [-0.1, -0.05) is 13.0 Å². The first-order valence-electron chi connectivity index (χ1n) is 7.44. The van der Waals surface area contributed by atoms with Crippen molar-refractivity contribution < 1.29 is 13.2 Å². The zero-order valence-electron chi connectivity index (χ0n) is 12.3. The molecule has 0 radical (unpaired) electrons. The number of likely N-dealkylation sites (tertiary alicyclic amines) is 1. The SMILES string of the molecule is CCN1CCCC1Cn1c(=O)[nH]c2c(C(F)(F)F)cccc21. The zero-order chi connectivity index (χ0) is 15.9. The molecule has 1 aliphatic heterocycles. The van der Waals surface area contributed by atoms with Gasteiger partial charge in [0.25, 0.3) is 0 Å². The van der Waals surface area contributed by atoms with Gasteiger partial charge in [0, 0.05) is 12.6 Å². The molecule has 1 aliphatic rings. The summed E-state index contributed by atoms with van der Waals surface area (Å²) in [7, 11) is 0. The first-order chi connectivity index (χ1) is 10.4.